The monoisotopic (exact) mass is 367 g/mol. The summed E-state index contributed by atoms with van der Waals surface area (Å²) in [6.45, 7) is 2.34. The highest BCUT2D eigenvalue weighted by Crippen LogP contribution is 2.26. The number of nitrogens with two attached hydrogens (primary N) is 1. The van der Waals surface area contributed by atoms with E-state index in [1.54, 1.807) is 25.2 Å². The van der Waals surface area contributed by atoms with Crippen LogP contribution in [0.5, 0.6) is 0 Å². The number of carbonyl (C=O) groups excluding carboxylic acids is 1. The van der Waals surface area contributed by atoms with Crippen LogP contribution in [0.1, 0.15) is 55.8 Å². The molecular weight excluding hydrogens is 338 g/mol. The van der Waals surface area contributed by atoms with E-state index in [2.05, 4.69) is 5.32 Å². The van der Waals surface area contributed by atoms with Gasteiger partial charge in [0.15, 0.2) is 0 Å². The predicted molar refractivity (Wildman–Crippen MR) is 98.9 cm³/mol. The number of nitrogens with zero attached hydrogens (tertiary/aromatic N) is 1. The zero-order valence-electron chi connectivity index (χ0n) is 15.1. The van der Waals surface area contributed by atoms with Crippen molar-refractivity contribution in [2.75, 3.05) is 13.6 Å². The zero-order valence-corrected chi connectivity index (χ0v) is 15.9. The predicted octanol–water partition coefficient (Wildman–Crippen LogP) is 2.11. The second-order valence-corrected chi connectivity index (χ2v) is 8.86. The molecule has 0 saturated heterocycles. The smallest absolute Gasteiger partial charge is 0.251 e. The normalized spacial score (nSPS) is 17.4. The van der Waals surface area contributed by atoms with Gasteiger partial charge >= 0.3 is 0 Å². The van der Waals surface area contributed by atoms with Gasteiger partial charge in [-0.05, 0) is 44.4 Å². The van der Waals surface area contributed by atoms with Gasteiger partial charge in [0.1, 0.15) is 0 Å². The first-order chi connectivity index (χ1) is 11.8. The Hall–Kier alpha value is -1.44. The van der Waals surface area contributed by atoms with Gasteiger partial charge in [0.25, 0.3) is 5.91 Å². The molecule has 1 aliphatic rings. The largest absolute Gasteiger partial charge is 0.352 e. The lowest BCUT2D eigenvalue weighted by Crippen LogP contribution is -2.38. The van der Waals surface area contributed by atoms with Crippen LogP contribution in [0.4, 0.5) is 0 Å². The molecule has 1 fully saturated rings. The highest BCUT2D eigenvalue weighted by atomic mass is 32.2. The van der Waals surface area contributed by atoms with Gasteiger partial charge in [-0.25, -0.2) is 8.42 Å². The molecule has 7 heteroatoms. The Kier molecular flexibility index (Phi) is 6.98. The highest BCUT2D eigenvalue weighted by molar-refractivity contribution is 7.89. The van der Waals surface area contributed by atoms with Crippen molar-refractivity contribution in [3.63, 3.8) is 0 Å². The summed E-state index contributed by atoms with van der Waals surface area (Å²) < 4.78 is 27.2. The average molecular weight is 368 g/mol. The van der Waals surface area contributed by atoms with E-state index in [9.17, 15) is 13.2 Å². The van der Waals surface area contributed by atoms with Crippen LogP contribution in [-0.2, 0) is 10.0 Å². The summed E-state index contributed by atoms with van der Waals surface area (Å²) in [7, 11) is -1.96. The number of hydrogen-bond acceptors (Lipinski definition) is 4. The van der Waals surface area contributed by atoms with Crippen molar-refractivity contribution in [1.82, 2.24) is 9.62 Å². The molecule has 140 valence electrons. The van der Waals surface area contributed by atoms with Crippen LogP contribution in [0.3, 0.4) is 0 Å². The van der Waals surface area contributed by atoms with Crippen LogP contribution in [0.25, 0.3) is 0 Å². The third-order valence-electron chi connectivity index (χ3n) is 4.75. The SMILES string of the molecule is CC(N)CCNC(=O)c1cccc(S(=O)(=O)N(C)C2CCCCC2)c1. The van der Waals surface area contributed by atoms with Gasteiger partial charge in [-0.1, -0.05) is 25.3 Å². The number of nitrogens with one attached hydrogen (secondary N) is 1. The van der Waals surface area contributed by atoms with E-state index >= 15 is 0 Å². The van der Waals surface area contributed by atoms with Crippen LogP contribution >= 0.6 is 0 Å². The first-order valence-corrected chi connectivity index (χ1v) is 10.4. The molecule has 1 saturated carbocycles. The molecule has 2 rings (SSSR count). The van der Waals surface area contributed by atoms with Crippen LogP contribution in [0, 0.1) is 0 Å². The molecular formula is C18H29N3O3S. The highest BCUT2D eigenvalue weighted by Gasteiger charge is 2.29. The van der Waals surface area contributed by atoms with Gasteiger partial charge in [-0.2, -0.15) is 4.31 Å². The summed E-state index contributed by atoms with van der Waals surface area (Å²) in [5.74, 6) is -0.280. The molecule has 0 aromatic heterocycles. The van der Waals surface area contributed by atoms with Crippen molar-refractivity contribution in [3.05, 3.63) is 29.8 Å². The molecule has 1 amide bonds. The van der Waals surface area contributed by atoms with E-state index in [1.807, 2.05) is 6.92 Å². The first kappa shape index (κ1) is 19.9. The van der Waals surface area contributed by atoms with Gasteiger partial charge in [0.2, 0.25) is 10.0 Å². The van der Waals surface area contributed by atoms with Gasteiger partial charge in [0, 0.05) is 31.2 Å². The second-order valence-electron chi connectivity index (χ2n) is 6.86. The van der Waals surface area contributed by atoms with E-state index in [0.717, 1.165) is 25.7 Å². The molecule has 1 aromatic carbocycles. The fourth-order valence-electron chi connectivity index (χ4n) is 3.12. The lowest BCUT2D eigenvalue weighted by atomic mass is 9.96. The van der Waals surface area contributed by atoms with Crippen LogP contribution in [0.15, 0.2) is 29.2 Å². The molecule has 0 aliphatic heterocycles. The lowest BCUT2D eigenvalue weighted by molar-refractivity contribution is 0.0952. The van der Waals surface area contributed by atoms with Crippen molar-refractivity contribution in [3.8, 4) is 0 Å². The Morgan fingerprint density at radius 3 is 2.64 bits per heavy atom. The van der Waals surface area contributed by atoms with E-state index in [-0.39, 0.29) is 22.9 Å². The molecule has 1 atom stereocenters. The summed E-state index contributed by atoms with van der Waals surface area (Å²) in [5.41, 5.74) is 6.02. The van der Waals surface area contributed by atoms with E-state index < -0.39 is 10.0 Å². The maximum Gasteiger partial charge on any atom is 0.251 e. The maximum absolute atomic E-state index is 12.9. The summed E-state index contributed by atoms with van der Waals surface area (Å²) in [5, 5.41) is 2.77. The summed E-state index contributed by atoms with van der Waals surface area (Å²) >= 11 is 0. The van der Waals surface area contributed by atoms with Crippen molar-refractivity contribution in [2.24, 2.45) is 5.73 Å². The molecule has 1 aliphatic carbocycles. The number of benzene rings is 1. The molecule has 6 nitrogen and oxygen atoms in total. The molecule has 0 spiro atoms. The van der Waals surface area contributed by atoms with Crippen LogP contribution in [-0.4, -0.2) is 44.3 Å². The second kappa shape index (κ2) is 8.78. The topological polar surface area (TPSA) is 92.5 Å². The molecule has 0 heterocycles. The summed E-state index contributed by atoms with van der Waals surface area (Å²) in [6, 6.07) is 6.30. The third kappa shape index (κ3) is 5.26. The minimum absolute atomic E-state index is 0.0103. The van der Waals surface area contributed by atoms with Gasteiger partial charge < -0.3 is 11.1 Å². The van der Waals surface area contributed by atoms with Crippen LogP contribution in [0.2, 0.25) is 0 Å². The minimum Gasteiger partial charge on any atom is -0.352 e. The Bertz CT molecular complexity index is 683. The lowest BCUT2D eigenvalue weighted by Gasteiger charge is -2.30. The molecule has 1 aromatic rings. The number of hydrogen-bond donors (Lipinski definition) is 2. The molecule has 1 unspecified atom stereocenters. The van der Waals surface area contributed by atoms with E-state index in [1.165, 1.54) is 16.8 Å². The summed E-state index contributed by atoms with van der Waals surface area (Å²) in [6.07, 6.45) is 5.76. The number of carbonyl (C=O) groups is 1. The van der Waals surface area contributed by atoms with E-state index in [4.69, 9.17) is 5.73 Å². The number of sulfonamides is 1. The zero-order chi connectivity index (χ0) is 18.4. The van der Waals surface area contributed by atoms with Crippen molar-refractivity contribution < 1.29 is 13.2 Å². The molecule has 0 radical (unpaired) electrons. The Balaban J connectivity index is 2.12. The third-order valence-corrected chi connectivity index (χ3v) is 6.65. The van der Waals surface area contributed by atoms with Crippen LogP contribution < -0.4 is 11.1 Å². The number of rotatable bonds is 7. The van der Waals surface area contributed by atoms with Crippen molar-refractivity contribution >= 4 is 15.9 Å². The molecule has 3 N–H and O–H groups in total. The van der Waals surface area contributed by atoms with Crippen molar-refractivity contribution in [1.29, 1.82) is 0 Å². The van der Waals surface area contributed by atoms with Gasteiger partial charge in [-0.3, -0.25) is 4.79 Å². The first-order valence-electron chi connectivity index (χ1n) is 8.94. The van der Waals surface area contributed by atoms with Gasteiger partial charge in [0.05, 0.1) is 4.90 Å². The van der Waals surface area contributed by atoms with E-state index in [0.29, 0.717) is 18.5 Å². The fourth-order valence-corrected chi connectivity index (χ4v) is 4.58. The standard InChI is InChI=1S/C18H29N3O3S/c1-14(19)11-12-20-18(22)15-7-6-10-17(13-15)25(23,24)21(2)16-8-4-3-5-9-16/h6-7,10,13-14,16H,3-5,8-9,11-12,19H2,1-2H3,(H,20,22). The van der Waals surface area contributed by atoms with Crippen molar-refractivity contribution in [2.45, 2.75) is 62.4 Å². The number of amides is 1. The quantitative estimate of drug-likeness (QED) is 0.772. The van der Waals surface area contributed by atoms with Gasteiger partial charge in [-0.15, -0.1) is 0 Å². The Labute approximate surface area is 150 Å². The maximum atomic E-state index is 12.9. The Morgan fingerprint density at radius 1 is 1.32 bits per heavy atom. The minimum atomic E-state index is -3.60. The average Bonchev–Trinajstić information content (AvgIpc) is 2.61. The Morgan fingerprint density at radius 2 is 2.00 bits per heavy atom. The summed E-state index contributed by atoms with van der Waals surface area (Å²) in [4.78, 5) is 12.4. The fraction of sp³-hybridized carbons (Fsp3) is 0.611. The molecule has 25 heavy (non-hydrogen) atoms. The molecule has 0 bridgehead atoms.